The van der Waals surface area contributed by atoms with Crippen molar-refractivity contribution in [3.05, 3.63) is 47.7 Å². The number of hydrogen-bond donors (Lipinski definition) is 3. The predicted octanol–water partition coefficient (Wildman–Crippen LogP) is 3.52. The molecule has 1 aromatic rings. The molecule has 0 radical (unpaired) electrons. The fourth-order valence-corrected chi connectivity index (χ4v) is 2.76. The highest BCUT2D eigenvalue weighted by Gasteiger charge is 2.21. The maximum absolute atomic E-state index is 13.4. The fourth-order valence-electron chi connectivity index (χ4n) is 2.76. The van der Waals surface area contributed by atoms with Gasteiger partial charge in [0, 0.05) is 30.3 Å². The molecular weight excluding hydrogens is 359 g/mol. The molecule has 6 nitrogen and oxygen atoms in total. The van der Waals surface area contributed by atoms with Crippen LogP contribution in [0.2, 0.25) is 0 Å². The summed E-state index contributed by atoms with van der Waals surface area (Å²) in [6.07, 6.45) is 3.44. The van der Waals surface area contributed by atoms with Crippen molar-refractivity contribution >= 4 is 17.6 Å². The predicted molar refractivity (Wildman–Crippen MR) is 111 cm³/mol. The van der Waals surface area contributed by atoms with Crippen molar-refractivity contribution in [2.75, 3.05) is 5.32 Å². The Kier molecular flexibility index (Phi) is 9.51. The van der Waals surface area contributed by atoms with Crippen molar-refractivity contribution in [1.82, 2.24) is 10.3 Å². The minimum atomic E-state index is -1.05. The zero-order valence-corrected chi connectivity index (χ0v) is 17.1. The molecule has 4 N–H and O–H groups in total. The van der Waals surface area contributed by atoms with Crippen LogP contribution in [-0.4, -0.2) is 35.1 Å². The van der Waals surface area contributed by atoms with Crippen LogP contribution in [0.3, 0.4) is 0 Å². The molecule has 0 saturated heterocycles. The van der Waals surface area contributed by atoms with Crippen LogP contribution in [0.15, 0.2) is 42.1 Å². The lowest BCUT2D eigenvalue weighted by Crippen LogP contribution is -2.40. The number of nitrogens with two attached hydrogens (primary N) is 1. The molecule has 0 saturated carbocycles. The number of anilines is 1. The Morgan fingerprint density at radius 1 is 1.39 bits per heavy atom. The maximum Gasteiger partial charge on any atom is 0.251 e. The van der Waals surface area contributed by atoms with Gasteiger partial charge in [0.1, 0.15) is 5.82 Å². The largest absolute Gasteiger partial charge is 0.346 e. The van der Waals surface area contributed by atoms with E-state index in [-0.39, 0.29) is 18.2 Å². The highest BCUT2D eigenvalue weighted by atomic mass is 19.1. The number of nitrogens with zero attached hydrogens (tertiary/aromatic N) is 1. The standard InChI is InChI=1S/C21H31FN4O2/c1-6-7-20(27)26-19-12-16(8-9-24-19)21(28)25-15(5)17(10-13(2)3)18(23)11-14(4)22/h8-10,12,14-15,18H,2,6-7,11,23H2,1,3-5H3,(H,25,28)(H,24,26,27)/b17-10-. The minimum Gasteiger partial charge on any atom is -0.346 e. The number of allylic oxidation sites excluding steroid dienone is 2. The van der Waals surface area contributed by atoms with Gasteiger partial charge in [0.2, 0.25) is 5.91 Å². The van der Waals surface area contributed by atoms with Gasteiger partial charge >= 0.3 is 0 Å². The summed E-state index contributed by atoms with van der Waals surface area (Å²) in [6.45, 7) is 10.8. The molecule has 0 aliphatic rings. The summed E-state index contributed by atoms with van der Waals surface area (Å²) < 4.78 is 13.4. The average molecular weight is 391 g/mol. The Bertz CT molecular complexity index is 731. The van der Waals surface area contributed by atoms with Crippen LogP contribution in [0.1, 0.15) is 57.3 Å². The van der Waals surface area contributed by atoms with Crippen molar-refractivity contribution in [3.63, 3.8) is 0 Å². The van der Waals surface area contributed by atoms with Crippen LogP contribution < -0.4 is 16.4 Å². The van der Waals surface area contributed by atoms with E-state index in [9.17, 15) is 14.0 Å². The van der Waals surface area contributed by atoms with Crippen LogP contribution in [0.5, 0.6) is 0 Å². The van der Waals surface area contributed by atoms with Crippen molar-refractivity contribution in [2.24, 2.45) is 5.73 Å². The molecule has 0 aromatic carbocycles. The molecule has 154 valence electrons. The molecule has 0 fully saturated rings. The molecule has 0 aliphatic heterocycles. The molecule has 1 aromatic heterocycles. The summed E-state index contributed by atoms with van der Waals surface area (Å²) in [5.74, 6) is -0.174. The normalized spacial score (nSPS) is 14.7. The minimum absolute atomic E-state index is 0.154. The number of carbonyl (C=O) groups excluding carboxylic acids is 2. The van der Waals surface area contributed by atoms with Gasteiger partial charge in [-0.05, 0) is 51.3 Å². The smallest absolute Gasteiger partial charge is 0.251 e. The second-order valence-electron chi connectivity index (χ2n) is 7.04. The molecule has 1 heterocycles. The van der Waals surface area contributed by atoms with Gasteiger partial charge in [0.25, 0.3) is 5.91 Å². The van der Waals surface area contributed by atoms with E-state index in [0.29, 0.717) is 23.4 Å². The summed E-state index contributed by atoms with van der Waals surface area (Å²) in [6, 6.07) is 2.13. The Labute approximate surface area is 166 Å². The Morgan fingerprint density at radius 2 is 2.07 bits per heavy atom. The summed E-state index contributed by atoms with van der Waals surface area (Å²) >= 11 is 0. The topological polar surface area (TPSA) is 97.1 Å². The summed E-state index contributed by atoms with van der Waals surface area (Å²) in [5, 5.41) is 5.54. The molecule has 0 aliphatic carbocycles. The number of hydrogen-bond acceptors (Lipinski definition) is 4. The van der Waals surface area contributed by atoms with Gasteiger partial charge in [0.15, 0.2) is 0 Å². The number of carbonyl (C=O) groups is 2. The third-order valence-corrected chi connectivity index (χ3v) is 4.03. The fraction of sp³-hybridized carbons (Fsp3) is 0.476. The number of pyridine rings is 1. The first-order valence-corrected chi connectivity index (χ1v) is 9.47. The van der Waals surface area contributed by atoms with Crippen LogP contribution in [0, 0.1) is 0 Å². The molecular formula is C21H31FN4O2. The van der Waals surface area contributed by atoms with Crippen molar-refractivity contribution < 1.29 is 14.0 Å². The van der Waals surface area contributed by atoms with Crippen LogP contribution in [0.25, 0.3) is 0 Å². The van der Waals surface area contributed by atoms with E-state index >= 15 is 0 Å². The number of amides is 2. The monoisotopic (exact) mass is 390 g/mol. The lowest BCUT2D eigenvalue weighted by atomic mass is 9.94. The van der Waals surface area contributed by atoms with Crippen LogP contribution in [0.4, 0.5) is 10.2 Å². The SMILES string of the molecule is C=C(C)/C=C(\C(N)CC(C)F)C(C)NC(=O)c1ccnc(NC(=O)CCC)c1. The quantitative estimate of drug-likeness (QED) is 0.533. The highest BCUT2D eigenvalue weighted by Crippen LogP contribution is 2.16. The van der Waals surface area contributed by atoms with Crippen molar-refractivity contribution in [1.29, 1.82) is 0 Å². The number of alkyl halides is 1. The van der Waals surface area contributed by atoms with Gasteiger partial charge in [-0.25, -0.2) is 9.37 Å². The zero-order chi connectivity index (χ0) is 21.3. The first-order valence-electron chi connectivity index (χ1n) is 9.47. The molecule has 7 heteroatoms. The molecule has 2 amide bonds. The Morgan fingerprint density at radius 3 is 2.64 bits per heavy atom. The molecule has 3 atom stereocenters. The molecule has 0 bridgehead atoms. The van der Waals surface area contributed by atoms with E-state index in [1.54, 1.807) is 19.1 Å². The summed E-state index contributed by atoms with van der Waals surface area (Å²) in [4.78, 5) is 28.4. The second kappa shape index (κ2) is 11.3. The van der Waals surface area contributed by atoms with E-state index in [2.05, 4.69) is 22.2 Å². The van der Waals surface area contributed by atoms with Gasteiger partial charge in [-0.1, -0.05) is 25.2 Å². The summed E-state index contributed by atoms with van der Waals surface area (Å²) in [7, 11) is 0. The highest BCUT2D eigenvalue weighted by molar-refractivity contribution is 5.96. The van der Waals surface area contributed by atoms with Crippen LogP contribution >= 0.6 is 0 Å². The average Bonchev–Trinajstić information content (AvgIpc) is 2.59. The van der Waals surface area contributed by atoms with E-state index < -0.39 is 18.3 Å². The number of nitrogens with one attached hydrogen (secondary N) is 2. The lowest BCUT2D eigenvalue weighted by Gasteiger charge is -2.24. The number of halogens is 1. The third-order valence-electron chi connectivity index (χ3n) is 4.03. The van der Waals surface area contributed by atoms with Gasteiger partial charge in [-0.15, -0.1) is 0 Å². The number of aromatic nitrogens is 1. The second-order valence-corrected chi connectivity index (χ2v) is 7.04. The molecule has 1 rings (SSSR count). The maximum atomic E-state index is 13.4. The summed E-state index contributed by atoms with van der Waals surface area (Å²) in [5.41, 5.74) is 7.96. The molecule has 28 heavy (non-hydrogen) atoms. The Hall–Kier alpha value is -2.54. The first kappa shape index (κ1) is 23.5. The first-order chi connectivity index (χ1) is 13.1. The van der Waals surface area contributed by atoms with Crippen molar-refractivity contribution in [3.8, 4) is 0 Å². The zero-order valence-electron chi connectivity index (χ0n) is 17.1. The van der Waals surface area contributed by atoms with Crippen molar-refractivity contribution in [2.45, 2.75) is 65.2 Å². The number of rotatable bonds is 10. The molecule has 0 spiro atoms. The van der Waals surface area contributed by atoms with E-state index in [1.807, 2.05) is 13.8 Å². The van der Waals surface area contributed by atoms with E-state index in [0.717, 1.165) is 12.0 Å². The van der Waals surface area contributed by atoms with Crippen LogP contribution in [-0.2, 0) is 4.79 Å². The van der Waals surface area contributed by atoms with E-state index in [1.165, 1.54) is 19.2 Å². The lowest BCUT2D eigenvalue weighted by molar-refractivity contribution is -0.116. The molecule has 3 unspecified atom stereocenters. The van der Waals surface area contributed by atoms with Gasteiger partial charge in [-0.3, -0.25) is 9.59 Å². The Balaban J connectivity index is 2.91. The van der Waals surface area contributed by atoms with Gasteiger partial charge in [0.05, 0.1) is 6.17 Å². The van der Waals surface area contributed by atoms with E-state index in [4.69, 9.17) is 5.73 Å². The van der Waals surface area contributed by atoms with Gasteiger partial charge < -0.3 is 16.4 Å². The van der Waals surface area contributed by atoms with Gasteiger partial charge in [-0.2, -0.15) is 0 Å². The third kappa shape index (κ3) is 8.00.